The van der Waals surface area contributed by atoms with E-state index < -0.39 is 0 Å². The van der Waals surface area contributed by atoms with Crippen molar-refractivity contribution in [3.8, 4) is 50.2 Å². The second-order valence-corrected chi connectivity index (χ2v) is 12.3. The van der Waals surface area contributed by atoms with Gasteiger partial charge < -0.3 is 4.57 Å². The average molecular weight is 562 g/mol. The van der Waals surface area contributed by atoms with Gasteiger partial charge in [0.05, 0.1) is 11.0 Å². The van der Waals surface area contributed by atoms with Gasteiger partial charge in [-0.05, 0) is 103 Å². The van der Waals surface area contributed by atoms with E-state index in [1.807, 2.05) is 0 Å². The van der Waals surface area contributed by atoms with Crippen molar-refractivity contribution < 1.29 is 0 Å². The van der Waals surface area contributed by atoms with Crippen LogP contribution in [0.4, 0.5) is 0 Å². The Hall–Kier alpha value is -5.40. The Morgan fingerprint density at radius 1 is 0.409 bits per heavy atom. The van der Waals surface area contributed by atoms with E-state index in [0.717, 1.165) is 0 Å². The Bertz CT molecular complexity index is 2390. The highest BCUT2D eigenvalue weighted by atomic mass is 15.0. The first kappa shape index (κ1) is 25.1. The Morgan fingerprint density at radius 3 is 1.89 bits per heavy atom. The summed E-state index contributed by atoms with van der Waals surface area (Å²) in [5, 5.41) is 5.25. The zero-order valence-electron chi connectivity index (χ0n) is 24.9. The van der Waals surface area contributed by atoms with E-state index in [-0.39, 0.29) is 0 Å². The molecule has 0 fully saturated rings. The van der Waals surface area contributed by atoms with E-state index in [2.05, 4.69) is 164 Å². The van der Waals surface area contributed by atoms with Crippen molar-refractivity contribution in [3.63, 3.8) is 0 Å². The van der Waals surface area contributed by atoms with Crippen LogP contribution < -0.4 is 0 Å². The second kappa shape index (κ2) is 9.56. The summed E-state index contributed by atoms with van der Waals surface area (Å²) in [4.78, 5) is 0. The van der Waals surface area contributed by atoms with Crippen molar-refractivity contribution in [2.45, 2.75) is 19.8 Å². The van der Waals surface area contributed by atoms with Crippen molar-refractivity contribution in [1.29, 1.82) is 0 Å². The lowest BCUT2D eigenvalue weighted by atomic mass is 9.93. The fourth-order valence-corrected chi connectivity index (χ4v) is 7.34. The Morgan fingerprint density at radius 2 is 1.05 bits per heavy atom. The fourth-order valence-electron chi connectivity index (χ4n) is 7.34. The van der Waals surface area contributed by atoms with Gasteiger partial charge in [0.2, 0.25) is 0 Å². The molecule has 208 valence electrons. The maximum Gasteiger partial charge on any atom is 0.0541 e. The van der Waals surface area contributed by atoms with Crippen LogP contribution in [0.3, 0.4) is 0 Å². The van der Waals surface area contributed by atoms with Crippen LogP contribution in [-0.2, 0) is 0 Å². The van der Waals surface area contributed by atoms with Crippen LogP contribution in [-0.4, -0.2) is 4.57 Å². The van der Waals surface area contributed by atoms with Crippen LogP contribution in [0.5, 0.6) is 0 Å². The van der Waals surface area contributed by atoms with Crippen LogP contribution in [0.25, 0.3) is 82.8 Å². The molecule has 1 aromatic heterocycles. The molecule has 1 heterocycles. The monoisotopic (exact) mass is 561 g/mol. The third-order valence-corrected chi connectivity index (χ3v) is 9.55. The molecule has 1 nitrogen and oxygen atoms in total. The number of hydrogen-bond donors (Lipinski definition) is 0. The topological polar surface area (TPSA) is 4.93 Å². The first-order chi connectivity index (χ1) is 21.7. The molecule has 0 radical (unpaired) electrons. The van der Waals surface area contributed by atoms with Gasteiger partial charge in [-0.25, -0.2) is 0 Å². The molecule has 0 saturated carbocycles. The van der Waals surface area contributed by atoms with Gasteiger partial charge in [0.15, 0.2) is 0 Å². The van der Waals surface area contributed by atoms with Crippen molar-refractivity contribution >= 4 is 32.6 Å². The molecule has 9 rings (SSSR count). The summed E-state index contributed by atoms with van der Waals surface area (Å²) >= 11 is 0. The highest BCUT2D eigenvalue weighted by molar-refractivity contribution is 6.19. The van der Waals surface area contributed by atoms with Gasteiger partial charge in [-0.1, -0.05) is 123 Å². The predicted octanol–water partition coefficient (Wildman–Crippen LogP) is 12.0. The Labute approximate surface area is 257 Å². The molecule has 0 bridgehead atoms. The number of nitrogens with zero attached hydrogens (tertiary/aromatic N) is 1. The quantitative estimate of drug-likeness (QED) is 0.201. The van der Waals surface area contributed by atoms with Gasteiger partial charge in [-0.2, -0.15) is 0 Å². The molecule has 7 aromatic carbocycles. The molecule has 0 saturated heterocycles. The van der Waals surface area contributed by atoms with E-state index >= 15 is 0 Å². The summed E-state index contributed by atoms with van der Waals surface area (Å²) in [6, 6.07) is 53.9. The highest BCUT2D eigenvalue weighted by Gasteiger charge is 2.23. The first-order valence-electron chi connectivity index (χ1n) is 15.6. The third-order valence-electron chi connectivity index (χ3n) is 9.55. The second-order valence-electron chi connectivity index (χ2n) is 12.3. The summed E-state index contributed by atoms with van der Waals surface area (Å²) in [5.74, 6) is 0.531. The molecular weight excluding hydrogens is 530 g/mol. The number of benzene rings is 7. The number of fused-ring (bicyclic) bond motifs is 6. The molecule has 0 spiro atoms. The minimum atomic E-state index is 0.531. The first-order valence-corrected chi connectivity index (χ1v) is 15.6. The predicted molar refractivity (Wildman–Crippen MR) is 188 cm³/mol. The Balaban J connectivity index is 1.18. The van der Waals surface area contributed by atoms with Gasteiger partial charge in [-0.15, -0.1) is 0 Å². The van der Waals surface area contributed by atoms with Gasteiger partial charge in [0.1, 0.15) is 0 Å². The van der Waals surface area contributed by atoms with Crippen LogP contribution >= 0.6 is 0 Å². The molecule has 0 atom stereocenters. The van der Waals surface area contributed by atoms with Gasteiger partial charge in [-0.3, -0.25) is 0 Å². The number of aromatic nitrogens is 1. The molecule has 1 aliphatic carbocycles. The highest BCUT2D eigenvalue weighted by Crippen LogP contribution is 2.50. The number of rotatable bonds is 4. The minimum Gasteiger partial charge on any atom is -0.309 e. The standard InChI is InChI=1S/C43H31N/c1-27(2)28-15-17-29(18-16-28)33-22-23-38-34-21-19-30(25-39(34)37-13-8-12-36(33)43(37)38)31-20-24-42-40(26-31)35-11-6-7-14-41(35)44(42)32-9-4-3-5-10-32/h3-27H,1-2H3. The lowest BCUT2D eigenvalue weighted by Gasteiger charge is -2.11. The average Bonchev–Trinajstić information content (AvgIpc) is 3.58. The molecule has 0 unspecified atom stereocenters. The molecule has 0 amide bonds. The summed E-state index contributed by atoms with van der Waals surface area (Å²) in [7, 11) is 0. The van der Waals surface area contributed by atoms with E-state index in [9.17, 15) is 0 Å². The van der Waals surface area contributed by atoms with Crippen molar-refractivity contribution in [3.05, 3.63) is 151 Å². The summed E-state index contributed by atoms with van der Waals surface area (Å²) in [6.45, 7) is 4.50. The van der Waals surface area contributed by atoms with Crippen molar-refractivity contribution in [2.75, 3.05) is 0 Å². The maximum atomic E-state index is 2.40. The van der Waals surface area contributed by atoms with E-state index in [1.54, 1.807) is 0 Å². The van der Waals surface area contributed by atoms with Crippen LogP contribution in [0.2, 0.25) is 0 Å². The van der Waals surface area contributed by atoms with Gasteiger partial charge in [0, 0.05) is 16.5 Å². The van der Waals surface area contributed by atoms with E-state index in [0.29, 0.717) is 5.92 Å². The largest absolute Gasteiger partial charge is 0.309 e. The fraction of sp³-hybridized carbons (Fsp3) is 0.0698. The molecule has 1 heteroatoms. The summed E-state index contributed by atoms with van der Waals surface area (Å²) < 4.78 is 2.38. The van der Waals surface area contributed by atoms with Crippen LogP contribution in [0.1, 0.15) is 25.3 Å². The summed E-state index contributed by atoms with van der Waals surface area (Å²) in [6.07, 6.45) is 0. The molecule has 0 N–H and O–H groups in total. The lowest BCUT2D eigenvalue weighted by Crippen LogP contribution is -1.92. The van der Waals surface area contributed by atoms with Crippen LogP contribution in [0, 0.1) is 0 Å². The SMILES string of the molecule is CC(C)c1ccc(-c2ccc3c4c(cccc24)-c2cc(-c4ccc5c(c4)c4ccccc4n5-c4ccccc4)ccc2-3)cc1. The maximum absolute atomic E-state index is 2.40. The third kappa shape index (κ3) is 3.66. The van der Waals surface area contributed by atoms with Crippen LogP contribution in [0.15, 0.2) is 146 Å². The van der Waals surface area contributed by atoms with Gasteiger partial charge >= 0.3 is 0 Å². The molecule has 1 aliphatic rings. The molecule has 8 aromatic rings. The van der Waals surface area contributed by atoms with E-state index in [4.69, 9.17) is 0 Å². The zero-order valence-corrected chi connectivity index (χ0v) is 24.9. The molecule has 44 heavy (non-hydrogen) atoms. The molecular formula is C43H31N. The van der Waals surface area contributed by atoms with E-state index in [1.165, 1.54) is 88.3 Å². The van der Waals surface area contributed by atoms with Crippen molar-refractivity contribution in [1.82, 2.24) is 4.57 Å². The number of para-hydroxylation sites is 2. The zero-order chi connectivity index (χ0) is 29.4. The van der Waals surface area contributed by atoms with Gasteiger partial charge in [0.25, 0.3) is 0 Å². The minimum absolute atomic E-state index is 0.531. The lowest BCUT2D eigenvalue weighted by molar-refractivity contribution is 0.867. The summed E-state index contributed by atoms with van der Waals surface area (Å²) in [5.41, 5.74) is 15.4. The smallest absolute Gasteiger partial charge is 0.0541 e. The normalized spacial score (nSPS) is 12.1. The van der Waals surface area contributed by atoms with Crippen molar-refractivity contribution in [2.24, 2.45) is 0 Å². The molecule has 0 aliphatic heterocycles. The Kier molecular flexibility index (Phi) is 5.46. The number of hydrogen-bond acceptors (Lipinski definition) is 0.